The molecule has 0 heterocycles. The van der Waals surface area contributed by atoms with E-state index in [0.29, 0.717) is 5.92 Å². The van der Waals surface area contributed by atoms with Gasteiger partial charge in [-0.1, -0.05) is 56.0 Å². The predicted molar refractivity (Wildman–Crippen MR) is 64.1 cm³/mol. The zero-order chi connectivity index (χ0) is 10.4. The number of rotatable bonds is 3. The summed E-state index contributed by atoms with van der Waals surface area (Å²) in [6, 6.07) is 0. The van der Waals surface area contributed by atoms with Crippen molar-refractivity contribution in [1.82, 2.24) is 0 Å². The van der Waals surface area contributed by atoms with Crippen LogP contribution in [0.25, 0.3) is 0 Å². The molecular formula is C14H18. The van der Waals surface area contributed by atoms with E-state index >= 15 is 0 Å². The molecule has 0 amide bonds. The van der Waals surface area contributed by atoms with Crippen LogP contribution in [-0.4, -0.2) is 0 Å². The Morgan fingerprint density at radius 2 is 2.36 bits per heavy atom. The third kappa shape index (κ3) is 2.88. The summed E-state index contributed by atoms with van der Waals surface area (Å²) < 4.78 is 0. The zero-order valence-corrected chi connectivity index (χ0v) is 9.03. The Morgan fingerprint density at radius 1 is 1.57 bits per heavy atom. The monoisotopic (exact) mass is 186 g/mol. The maximum Gasteiger partial charge on any atom is -0.0218 e. The van der Waals surface area contributed by atoms with Crippen LogP contribution in [0.1, 0.15) is 20.3 Å². The SMILES string of the molecule is C=C/C=C\C(=C/C)C1=CC(C)CC=C1. The normalized spacial score (nSPS) is 22.6. The summed E-state index contributed by atoms with van der Waals surface area (Å²) in [5.41, 5.74) is 2.59. The first-order valence-electron chi connectivity index (χ1n) is 5.12. The van der Waals surface area contributed by atoms with Gasteiger partial charge in [0.05, 0.1) is 0 Å². The second-order valence-corrected chi connectivity index (χ2v) is 3.58. The molecule has 0 heteroatoms. The molecule has 1 aliphatic carbocycles. The second kappa shape index (κ2) is 5.43. The van der Waals surface area contributed by atoms with E-state index in [0.717, 1.165) is 6.42 Å². The van der Waals surface area contributed by atoms with Gasteiger partial charge in [-0.2, -0.15) is 0 Å². The molecule has 1 rings (SSSR count). The van der Waals surface area contributed by atoms with Crippen molar-refractivity contribution in [2.75, 3.05) is 0 Å². The summed E-state index contributed by atoms with van der Waals surface area (Å²) >= 11 is 0. The van der Waals surface area contributed by atoms with Crippen LogP contribution in [0.2, 0.25) is 0 Å². The van der Waals surface area contributed by atoms with Crippen LogP contribution in [0.5, 0.6) is 0 Å². The highest BCUT2D eigenvalue weighted by atomic mass is 14.1. The van der Waals surface area contributed by atoms with Crippen molar-refractivity contribution >= 4 is 0 Å². The molecule has 0 bridgehead atoms. The molecule has 0 aromatic heterocycles. The van der Waals surface area contributed by atoms with E-state index in [1.165, 1.54) is 11.1 Å². The van der Waals surface area contributed by atoms with Gasteiger partial charge in [-0.3, -0.25) is 0 Å². The Kier molecular flexibility index (Phi) is 4.18. The van der Waals surface area contributed by atoms with Gasteiger partial charge in [0.2, 0.25) is 0 Å². The molecule has 0 radical (unpaired) electrons. The fraction of sp³-hybridized carbons (Fsp3) is 0.286. The lowest BCUT2D eigenvalue weighted by molar-refractivity contribution is 0.731. The molecule has 0 N–H and O–H groups in total. The Hall–Kier alpha value is -1.30. The average molecular weight is 186 g/mol. The van der Waals surface area contributed by atoms with Crippen LogP contribution in [0.15, 0.2) is 60.3 Å². The van der Waals surface area contributed by atoms with Gasteiger partial charge in [0.1, 0.15) is 0 Å². The van der Waals surface area contributed by atoms with Gasteiger partial charge in [0, 0.05) is 0 Å². The highest BCUT2D eigenvalue weighted by Gasteiger charge is 2.05. The van der Waals surface area contributed by atoms with Gasteiger partial charge in [-0.15, -0.1) is 0 Å². The lowest BCUT2D eigenvalue weighted by Crippen LogP contribution is -1.96. The molecule has 0 spiro atoms. The maximum absolute atomic E-state index is 3.68. The van der Waals surface area contributed by atoms with Crippen molar-refractivity contribution in [2.24, 2.45) is 5.92 Å². The third-order valence-corrected chi connectivity index (χ3v) is 2.33. The highest BCUT2D eigenvalue weighted by Crippen LogP contribution is 2.22. The lowest BCUT2D eigenvalue weighted by Gasteiger charge is -2.12. The largest absolute Gasteiger partial charge is 0.0991 e. The predicted octanol–water partition coefficient (Wildman–Crippen LogP) is 4.20. The van der Waals surface area contributed by atoms with Gasteiger partial charge in [0.25, 0.3) is 0 Å². The van der Waals surface area contributed by atoms with Gasteiger partial charge < -0.3 is 0 Å². The molecule has 14 heavy (non-hydrogen) atoms. The van der Waals surface area contributed by atoms with Crippen LogP contribution in [0.4, 0.5) is 0 Å². The Bertz CT molecular complexity index is 311. The highest BCUT2D eigenvalue weighted by molar-refractivity contribution is 5.48. The maximum atomic E-state index is 3.68. The molecular weight excluding hydrogens is 168 g/mol. The van der Waals surface area contributed by atoms with Crippen LogP contribution in [-0.2, 0) is 0 Å². The minimum absolute atomic E-state index is 0.655. The van der Waals surface area contributed by atoms with E-state index in [9.17, 15) is 0 Å². The molecule has 0 fully saturated rings. The Morgan fingerprint density at radius 3 is 2.93 bits per heavy atom. The van der Waals surface area contributed by atoms with E-state index < -0.39 is 0 Å². The number of hydrogen-bond donors (Lipinski definition) is 0. The first-order valence-corrected chi connectivity index (χ1v) is 5.12. The molecule has 0 nitrogen and oxygen atoms in total. The minimum atomic E-state index is 0.655. The van der Waals surface area contributed by atoms with Gasteiger partial charge >= 0.3 is 0 Å². The Balaban J connectivity index is 2.85. The van der Waals surface area contributed by atoms with Crippen molar-refractivity contribution in [2.45, 2.75) is 20.3 Å². The van der Waals surface area contributed by atoms with Crippen molar-refractivity contribution in [3.8, 4) is 0 Å². The van der Waals surface area contributed by atoms with Crippen LogP contribution >= 0.6 is 0 Å². The van der Waals surface area contributed by atoms with E-state index in [4.69, 9.17) is 0 Å². The lowest BCUT2D eigenvalue weighted by atomic mass is 9.93. The van der Waals surface area contributed by atoms with Crippen molar-refractivity contribution in [3.63, 3.8) is 0 Å². The second-order valence-electron chi connectivity index (χ2n) is 3.58. The summed E-state index contributed by atoms with van der Waals surface area (Å²) in [7, 11) is 0. The standard InChI is InChI=1S/C14H18/c1-4-6-9-13(5-2)14-10-7-8-12(3)11-14/h4-7,9-12H,1,8H2,2-3H3/b9-6-,13-5+. The number of hydrogen-bond acceptors (Lipinski definition) is 0. The van der Waals surface area contributed by atoms with Crippen molar-refractivity contribution in [3.05, 3.63) is 60.3 Å². The molecule has 0 aliphatic heterocycles. The minimum Gasteiger partial charge on any atom is -0.0991 e. The van der Waals surface area contributed by atoms with Crippen molar-refractivity contribution in [1.29, 1.82) is 0 Å². The molecule has 1 atom stereocenters. The molecule has 74 valence electrons. The molecule has 1 aliphatic rings. The first-order chi connectivity index (χ1) is 6.77. The average Bonchev–Trinajstić information content (AvgIpc) is 2.19. The van der Waals surface area contributed by atoms with E-state index in [1.807, 2.05) is 6.08 Å². The quantitative estimate of drug-likeness (QED) is 0.579. The fourth-order valence-electron chi connectivity index (χ4n) is 1.56. The number of allylic oxidation sites excluding steroid dienone is 9. The van der Waals surface area contributed by atoms with Gasteiger partial charge in [-0.05, 0) is 30.4 Å². The summed E-state index contributed by atoms with van der Waals surface area (Å²) in [4.78, 5) is 0. The fourth-order valence-corrected chi connectivity index (χ4v) is 1.56. The third-order valence-electron chi connectivity index (χ3n) is 2.33. The van der Waals surface area contributed by atoms with Crippen LogP contribution in [0, 0.1) is 5.92 Å². The summed E-state index contributed by atoms with van der Waals surface area (Å²) in [6.45, 7) is 7.99. The smallest absolute Gasteiger partial charge is 0.0218 e. The van der Waals surface area contributed by atoms with Gasteiger partial charge in [-0.25, -0.2) is 0 Å². The van der Waals surface area contributed by atoms with Crippen LogP contribution in [0.3, 0.4) is 0 Å². The topological polar surface area (TPSA) is 0 Å². The van der Waals surface area contributed by atoms with Crippen LogP contribution < -0.4 is 0 Å². The summed E-state index contributed by atoms with van der Waals surface area (Å²) in [5, 5.41) is 0. The molecule has 0 saturated carbocycles. The van der Waals surface area contributed by atoms with E-state index in [2.05, 4.69) is 50.8 Å². The van der Waals surface area contributed by atoms with Gasteiger partial charge in [0.15, 0.2) is 0 Å². The molecule has 1 unspecified atom stereocenters. The molecule has 0 aromatic rings. The molecule has 0 aromatic carbocycles. The Labute approximate surface area is 87.0 Å². The van der Waals surface area contributed by atoms with Crippen molar-refractivity contribution < 1.29 is 0 Å². The first kappa shape index (κ1) is 10.8. The van der Waals surface area contributed by atoms with E-state index in [1.54, 1.807) is 6.08 Å². The summed E-state index contributed by atoms with van der Waals surface area (Å²) in [5.74, 6) is 0.655. The zero-order valence-electron chi connectivity index (χ0n) is 9.03. The molecule has 0 saturated heterocycles. The summed E-state index contributed by atoms with van der Waals surface area (Å²) in [6.07, 6.45) is 15.9. The van der Waals surface area contributed by atoms with E-state index in [-0.39, 0.29) is 0 Å².